The molecular weight excluding hydrogens is 268 g/mol. The fourth-order valence-electron chi connectivity index (χ4n) is 1.59. The number of hydrogen-bond donors (Lipinski definition) is 2. The molecule has 0 radical (unpaired) electrons. The van der Waals surface area contributed by atoms with Crippen molar-refractivity contribution in [3.63, 3.8) is 0 Å². The minimum Gasteiger partial charge on any atom is -0.496 e. The number of methoxy groups -OCH3 is 1. The normalized spacial score (nSPS) is 10.2. The van der Waals surface area contributed by atoms with E-state index < -0.39 is 0 Å². The summed E-state index contributed by atoms with van der Waals surface area (Å²) in [6, 6.07) is 6.52. The summed E-state index contributed by atoms with van der Waals surface area (Å²) in [7, 11) is 1.46. The first-order valence-electron chi connectivity index (χ1n) is 5.55. The fraction of sp³-hybridized carbons (Fsp3) is 0.154. The first-order valence-corrected chi connectivity index (χ1v) is 5.93. The molecule has 1 aromatic heterocycles. The summed E-state index contributed by atoms with van der Waals surface area (Å²) in [6.45, 7) is 0.289. The van der Waals surface area contributed by atoms with Crippen molar-refractivity contribution in [1.82, 2.24) is 5.32 Å². The molecule has 6 heteroatoms. The van der Waals surface area contributed by atoms with Gasteiger partial charge in [0.2, 0.25) is 0 Å². The number of amides is 1. The molecule has 0 aliphatic carbocycles. The number of nitrogens with two attached hydrogens (primary N) is 1. The molecule has 19 heavy (non-hydrogen) atoms. The number of nitrogens with one attached hydrogen (secondary N) is 1. The van der Waals surface area contributed by atoms with Crippen LogP contribution in [0.25, 0.3) is 0 Å². The second-order valence-corrected chi connectivity index (χ2v) is 4.24. The molecule has 0 bridgehead atoms. The van der Waals surface area contributed by atoms with Gasteiger partial charge in [-0.15, -0.1) is 0 Å². The second-order valence-electron chi connectivity index (χ2n) is 3.84. The monoisotopic (exact) mass is 280 g/mol. The Morgan fingerprint density at radius 1 is 1.53 bits per heavy atom. The number of nitrogen functional groups attached to an aromatic ring is 1. The Morgan fingerprint density at radius 2 is 2.32 bits per heavy atom. The van der Waals surface area contributed by atoms with E-state index >= 15 is 0 Å². The summed E-state index contributed by atoms with van der Waals surface area (Å²) >= 11 is 5.91. The zero-order valence-electron chi connectivity index (χ0n) is 10.3. The number of ether oxygens (including phenoxy) is 1. The largest absolute Gasteiger partial charge is 0.496 e. The van der Waals surface area contributed by atoms with Crippen molar-refractivity contribution in [2.45, 2.75) is 6.54 Å². The highest BCUT2D eigenvalue weighted by Gasteiger charge is 2.15. The fourth-order valence-corrected chi connectivity index (χ4v) is 1.75. The molecule has 2 aromatic rings. The van der Waals surface area contributed by atoms with E-state index in [1.165, 1.54) is 19.2 Å². The molecular formula is C13H13ClN2O3. The van der Waals surface area contributed by atoms with Gasteiger partial charge in [-0.1, -0.05) is 11.6 Å². The topological polar surface area (TPSA) is 77.5 Å². The predicted molar refractivity (Wildman–Crippen MR) is 72.3 cm³/mol. The summed E-state index contributed by atoms with van der Waals surface area (Å²) in [5.41, 5.74) is 6.35. The molecule has 1 aromatic carbocycles. The molecule has 2 rings (SSSR count). The van der Waals surface area contributed by atoms with Crippen LogP contribution in [0.5, 0.6) is 5.75 Å². The minimum atomic E-state index is -0.310. The Labute approximate surface area is 115 Å². The Bertz CT molecular complexity index is 582. The SMILES string of the molecule is COc1cc(N)c(Cl)cc1C(=O)NCc1ccco1. The third-order valence-corrected chi connectivity index (χ3v) is 2.89. The van der Waals surface area contributed by atoms with E-state index in [0.717, 1.165) is 0 Å². The maximum absolute atomic E-state index is 12.1. The van der Waals surface area contributed by atoms with Gasteiger partial charge in [-0.2, -0.15) is 0 Å². The summed E-state index contributed by atoms with van der Waals surface area (Å²) in [5.74, 6) is 0.725. The molecule has 100 valence electrons. The van der Waals surface area contributed by atoms with Gasteiger partial charge in [0, 0.05) is 6.07 Å². The van der Waals surface area contributed by atoms with Gasteiger partial charge in [-0.05, 0) is 18.2 Å². The van der Waals surface area contributed by atoms with Crippen LogP contribution in [0.3, 0.4) is 0 Å². The predicted octanol–water partition coefficient (Wildman–Crippen LogP) is 2.45. The first-order chi connectivity index (χ1) is 9.11. The lowest BCUT2D eigenvalue weighted by molar-refractivity contribution is 0.0945. The van der Waals surface area contributed by atoms with Crippen molar-refractivity contribution in [2.75, 3.05) is 12.8 Å². The Hall–Kier alpha value is -2.14. The molecule has 0 saturated carbocycles. The average Bonchev–Trinajstić information content (AvgIpc) is 2.91. The van der Waals surface area contributed by atoms with E-state index in [9.17, 15) is 4.79 Å². The zero-order valence-corrected chi connectivity index (χ0v) is 11.0. The van der Waals surface area contributed by atoms with Gasteiger partial charge in [0.15, 0.2) is 0 Å². The van der Waals surface area contributed by atoms with Crippen molar-refractivity contribution in [3.05, 3.63) is 46.9 Å². The van der Waals surface area contributed by atoms with E-state index in [0.29, 0.717) is 27.8 Å². The maximum Gasteiger partial charge on any atom is 0.255 e. The lowest BCUT2D eigenvalue weighted by atomic mass is 10.1. The Kier molecular flexibility index (Phi) is 3.97. The zero-order chi connectivity index (χ0) is 13.8. The number of carbonyl (C=O) groups excluding carboxylic acids is 1. The van der Waals surface area contributed by atoms with E-state index in [4.69, 9.17) is 26.5 Å². The molecule has 0 fully saturated rings. The quantitative estimate of drug-likeness (QED) is 0.843. The summed E-state index contributed by atoms with van der Waals surface area (Å²) in [5, 5.41) is 3.02. The van der Waals surface area contributed by atoms with Gasteiger partial charge >= 0.3 is 0 Å². The highest BCUT2D eigenvalue weighted by Crippen LogP contribution is 2.28. The van der Waals surface area contributed by atoms with Crippen molar-refractivity contribution in [3.8, 4) is 5.75 Å². The molecule has 0 aliphatic rings. The van der Waals surface area contributed by atoms with Crippen LogP contribution in [0.2, 0.25) is 5.02 Å². The van der Waals surface area contributed by atoms with E-state index in [1.807, 2.05) is 0 Å². The molecule has 1 heterocycles. The number of rotatable bonds is 4. The third kappa shape index (κ3) is 3.00. The number of anilines is 1. The molecule has 0 atom stereocenters. The van der Waals surface area contributed by atoms with Crippen LogP contribution in [0, 0.1) is 0 Å². The highest BCUT2D eigenvalue weighted by atomic mass is 35.5. The maximum atomic E-state index is 12.1. The Balaban J connectivity index is 2.16. The number of benzene rings is 1. The Morgan fingerprint density at radius 3 is 2.95 bits per heavy atom. The van der Waals surface area contributed by atoms with Crippen molar-refractivity contribution in [1.29, 1.82) is 0 Å². The van der Waals surface area contributed by atoms with E-state index in [-0.39, 0.29) is 12.5 Å². The van der Waals surface area contributed by atoms with Gasteiger partial charge in [-0.25, -0.2) is 0 Å². The van der Waals surface area contributed by atoms with Crippen molar-refractivity contribution in [2.24, 2.45) is 0 Å². The molecule has 0 spiro atoms. The average molecular weight is 281 g/mol. The van der Waals surface area contributed by atoms with Crippen LogP contribution in [-0.2, 0) is 6.54 Å². The molecule has 1 amide bonds. The highest BCUT2D eigenvalue weighted by molar-refractivity contribution is 6.33. The number of hydrogen-bond acceptors (Lipinski definition) is 4. The second kappa shape index (κ2) is 5.67. The minimum absolute atomic E-state index is 0.289. The van der Waals surface area contributed by atoms with Crippen LogP contribution < -0.4 is 15.8 Å². The first kappa shape index (κ1) is 13.3. The van der Waals surface area contributed by atoms with Crippen LogP contribution in [0.1, 0.15) is 16.1 Å². The van der Waals surface area contributed by atoms with Crippen molar-refractivity contribution < 1.29 is 13.9 Å². The molecule has 0 aliphatic heterocycles. The lowest BCUT2D eigenvalue weighted by Gasteiger charge is -2.10. The molecule has 0 unspecified atom stereocenters. The molecule has 0 saturated heterocycles. The summed E-state index contributed by atoms with van der Waals surface area (Å²) < 4.78 is 10.2. The van der Waals surface area contributed by atoms with E-state index in [1.54, 1.807) is 18.4 Å². The summed E-state index contributed by atoms with van der Waals surface area (Å²) in [4.78, 5) is 12.1. The van der Waals surface area contributed by atoms with Crippen LogP contribution in [0.15, 0.2) is 34.9 Å². The van der Waals surface area contributed by atoms with E-state index in [2.05, 4.69) is 5.32 Å². The standard InChI is InChI=1S/C13H13ClN2O3/c1-18-12-6-11(15)10(14)5-9(12)13(17)16-7-8-3-2-4-19-8/h2-6H,7,15H2,1H3,(H,16,17). The third-order valence-electron chi connectivity index (χ3n) is 2.57. The van der Waals surface area contributed by atoms with Gasteiger partial charge < -0.3 is 20.2 Å². The van der Waals surface area contributed by atoms with Crippen LogP contribution in [-0.4, -0.2) is 13.0 Å². The number of carbonyl (C=O) groups is 1. The van der Waals surface area contributed by atoms with Crippen molar-refractivity contribution >= 4 is 23.2 Å². The number of halogens is 1. The van der Waals surface area contributed by atoms with Gasteiger partial charge in [0.1, 0.15) is 11.5 Å². The van der Waals surface area contributed by atoms with Crippen LogP contribution in [0.4, 0.5) is 5.69 Å². The smallest absolute Gasteiger partial charge is 0.255 e. The van der Waals surface area contributed by atoms with Gasteiger partial charge in [-0.3, -0.25) is 4.79 Å². The lowest BCUT2D eigenvalue weighted by Crippen LogP contribution is -2.23. The van der Waals surface area contributed by atoms with Gasteiger partial charge in [0.25, 0.3) is 5.91 Å². The summed E-state index contributed by atoms with van der Waals surface area (Å²) in [6.07, 6.45) is 1.54. The van der Waals surface area contributed by atoms with Gasteiger partial charge in [0.05, 0.1) is 36.2 Å². The van der Waals surface area contributed by atoms with Crippen LogP contribution >= 0.6 is 11.6 Å². The number of furan rings is 1. The molecule has 3 N–H and O–H groups in total. The molecule has 5 nitrogen and oxygen atoms in total.